The summed E-state index contributed by atoms with van der Waals surface area (Å²) in [5.41, 5.74) is 23.6. The first kappa shape index (κ1) is 31.6. The number of rotatable bonds is 8. The zero-order chi connectivity index (χ0) is 26.9. The molecule has 0 aliphatic carbocycles. The molecule has 1 aliphatic rings. The Labute approximate surface area is 244 Å². The molecule has 4 aromatic carbocycles. The quantitative estimate of drug-likeness (QED) is 0.147. The normalized spacial score (nSPS) is 11.1. The minimum absolute atomic E-state index is 0.826. The molecule has 0 amide bonds. The van der Waals surface area contributed by atoms with Crippen LogP contribution >= 0.6 is 17.0 Å². The molecule has 4 aromatic rings. The summed E-state index contributed by atoms with van der Waals surface area (Å²) < 4.78 is 4.94. The van der Waals surface area contributed by atoms with Gasteiger partial charge in [-0.15, -0.1) is 11.4 Å². The van der Waals surface area contributed by atoms with E-state index < -0.39 is 20.8 Å². The Hall–Kier alpha value is -2.58. The van der Waals surface area contributed by atoms with Gasteiger partial charge >= 0.3 is 37.9 Å². The van der Waals surface area contributed by atoms with Crippen LogP contribution in [0.3, 0.4) is 0 Å². The van der Waals surface area contributed by atoms with Crippen LogP contribution in [0.2, 0.25) is 0 Å². The number of benzene rings is 4. The van der Waals surface area contributed by atoms with Crippen molar-refractivity contribution in [3.8, 4) is 0 Å². The van der Waals surface area contributed by atoms with E-state index in [-0.39, 0.29) is 0 Å². The zero-order valence-electron chi connectivity index (χ0n) is 20.9. The predicted octanol–water partition coefficient (Wildman–Crippen LogP) is 8.62. The number of halogens is 2. The molecule has 0 unspecified atom stereocenters. The van der Waals surface area contributed by atoms with Crippen LogP contribution in [-0.2, 0) is 25.6 Å². The van der Waals surface area contributed by atoms with Crippen LogP contribution in [0.15, 0.2) is 121 Å². The number of anilines is 2. The average Bonchev–Trinajstić information content (AvgIpc) is 3.57. The molecule has 1 saturated heterocycles. The number of nitrogens with zero attached hydrogens (tertiary/aromatic N) is 2. The molecule has 0 aromatic heterocycles. The van der Waals surface area contributed by atoms with Gasteiger partial charge in [0.2, 0.25) is 0 Å². The van der Waals surface area contributed by atoms with Crippen molar-refractivity contribution >= 4 is 39.8 Å². The molecule has 1 fully saturated rings. The molecule has 0 spiro atoms. The Balaban J connectivity index is 0.000000208. The Morgan fingerprint density at radius 2 is 0.842 bits per heavy atom. The van der Waals surface area contributed by atoms with E-state index in [1.807, 2.05) is 121 Å². The average molecular weight is 631 g/mol. The van der Waals surface area contributed by atoms with Crippen molar-refractivity contribution in [3.63, 3.8) is 0 Å². The molecule has 5 rings (SSSR count). The second-order valence-corrected chi connectivity index (χ2v) is 11.2. The van der Waals surface area contributed by atoms with Gasteiger partial charge in [-0.25, -0.2) is 0 Å². The molecule has 4 N–H and O–H groups in total. The number of hydrogen-bond acceptors (Lipinski definition) is 5. The Kier molecular flexibility index (Phi) is 18.7. The van der Waals surface area contributed by atoms with Gasteiger partial charge in [-0.1, -0.05) is 97.1 Å². The first-order valence-electron chi connectivity index (χ1n) is 12.0. The van der Waals surface area contributed by atoms with Crippen LogP contribution in [0.1, 0.15) is 12.8 Å². The monoisotopic (exact) mass is 628 g/mol. The maximum Gasteiger partial charge on any atom is 0.0474 e. The maximum atomic E-state index is 4.94. The Bertz CT molecular complexity index is 882. The Morgan fingerprint density at radius 3 is 1.13 bits per heavy atom. The number of ether oxygens (including phenoxy) is 1. The third-order valence-corrected chi connectivity index (χ3v) is 4.66. The second-order valence-electron chi connectivity index (χ2n) is 7.49. The van der Waals surface area contributed by atoms with Crippen LogP contribution in [0, 0.1) is 0 Å². The third kappa shape index (κ3) is 16.3. The van der Waals surface area contributed by atoms with Gasteiger partial charge in [-0.2, -0.15) is 0 Å². The Morgan fingerprint density at radius 1 is 0.526 bits per heavy atom. The summed E-state index contributed by atoms with van der Waals surface area (Å²) in [6, 6.07) is 39.1. The number of hydrazine groups is 2. The molecular weight excluding hydrogens is 598 g/mol. The van der Waals surface area contributed by atoms with E-state index in [0.29, 0.717) is 0 Å². The van der Waals surface area contributed by atoms with Gasteiger partial charge in [0.25, 0.3) is 0 Å². The molecular formula is C28H32Cl2N6OZr-2. The van der Waals surface area contributed by atoms with E-state index >= 15 is 0 Å². The smallest absolute Gasteiger partial charge is 0.0474 e. The second kappa shape index (κ2) is 22.4. The number of hydrogen-bond donors (Lipinski definition) is 4. The third-order valence-electron chi connectivity index (χ3n) is 4.66. The van der Waals surface area contributed by atoms with Gasteiger partial charge in [-0.3, -0.25) is 0 Å². The first-order valence-corrected chi connectivity index (χ1v) is 18.3. The zero-order valence-corrected chi connectivity index (χ0v) is 24.9. The molecule has 7 nitrogen and oxygen atoms in total. The number of nitrogens with one attached hydrogen (secondary N) is 4. The van der Waals surface area contributed by atoms with E-state index in [1.54, 1.807) is 0 Å². The molecule has 0 radical (unpaired) electrons. The fourth-order valence-electron chi connectivity index (χ4n) is 2.87. The fraction of sp³-hybridized carbons (Fsp3) is 0.143. The van der Waals surface area contributed by atoms with E-state index in [9.17, 15) is 0 Å². The first-order chi connectivity index (χ1) is 18.8. The molecule has 200 valence electrons. The van der Waals surface area contributed by atoms with Crippen molar-refractivity contribution in [2.45, 2.75) is 12.8 Å². The molecule has 1 aliphatic heterocycles. The molecule has 1 heterocycles. The van der Waals surface area contributed by atoms with Crippen molar-refractivity contribution in [1.29, 1.82) is 0 Å². The molecule has 0 saturated carbocycles. The van der Waals surface area contributed by atoms with Crippen molar-refractivity contribution in [2.75, 3.05) is 24.1 Å². The molecule has 10 heteroatoms. The SMILES string of the molecule is C1CCOC1.[Cl][Zr][Cl].c1ccc([N-]NNc2ccccc2)cc1.c1ccc([N-]NNc2ccccc2)cc1. The van der Waals surface area contributed by atoms with Crippen LogP contribution in [-0.4, -0.2) is 13.2 Å². The van der Waals surface area contributed by atoms with Crippen LogP contribution < -0.4 is 21.9 Å². The minimum atomic E-state index is -0.826. The molecule has 0 bridgehead atoms. The van der Waals surface area contributed by atoms with Gasteiger partial charge < -0.3 is 37.5 Å². The van der Waals surface area contributed by atoms with Crippen LogP contribution in [0.25, 0.3) is 10.9 Å². The van der Waals surface area contributed by atoms with Crippen molar-refractivity contribution in [2.24, 2.45) is 0 Å². The maximum absolute atomic E-state index is 4.94. The summed E-state index contributed by atoms with van der Waals surface area (Å²) in [5.74, 6) is 0. The summed E-state index contributed by atoms with van der Waals surface area (Å²) in [6.07, 6.45) is 2.56. The standard InChI is InChI=1S/2C12H12N3.C4H8O.2ClH.Zr/c2*1-3-7-11(8-4-1)13-15-14-12-9-5-2-6-10-12;1-2-4-5-3-1;;;/h2*1-10,13,15H;1-4H2;2*1H;/q2*-1;;;;+2/p-2. The van der Waals surface area contributed by atoms with Gasteiger partial charge in [0.1, 0.15) is 0 Å². The van der Waals surface area contributed by atoms with Gasteiger partial charge in [0.15, 0.2) is 0 Å². The van der Waals surface area contributed by atoms with Crippen molar-refractivity contribution < 1.29 is 25.6 Å². The van der Waals surface area contributed by atoms with E-state index in [1.165, 1.54) is 12.8 Å². The molecule has 0 atom stereocenters. The predicted molar refractivity (Wildman–Crippen MR) is 157 cm³/mol. The fourth-order valence-corrected chi connectivity index (χ4v) is 2.87. The summed E-state index contributed by atoms with van der Waals surface area (Å²) >= 11 is -0.826. The summed E-state index contributed by atoms with van der Waals surface area (Å²) in [4.78, 5) is 0. The summed E-state index contributed by atoms with van der Waals surface area (Å²) in [7, 11) is 9.87. The van der Waals surface area contributed by atoms with Crippen LogP contribution in [0.5, 0.6) is 0 Å². The number of para-hydroxylation sites is 4. The topological polar surface area (TPSA) is 85.5 Å². The largest absolute Gasteiger partial charge is 0.604 e. The summed E-state index contributed by atoms with van der Waals surface area (Å²) in [6.45, 7) is 2.00. The molecule has 38 heavy (non-hydrogen) atoms. The van der Waals surface area contributed by atoms with Crippen molar-refractivity contribution in [1.82, 2.24) is 11.1 Å². The minimum Gasteiger partial charge on any atom is -0.604 e. The van der Waals surface area contributed by atoms with Gasteiger partial charge in [0, 0.05) is 24.6 Å². The van der Waals surface area contributed by atoms with Crippen LogP contribution in [0.4, 0.5) is 22.7 Å². The van der Waals surface area contributed by atoms with Gasteiger partial charge in [-0.05, 0) is 37.1 Å². The van der Waals surface area contributed by atoms with E-state index in [0.717, 1.165) is 36.0 Å². The summed E-state index contributed by atoms with van der Waals surface area (Å²) in [5, 5.41) is 0. The van der Waals surface area contributed by atoms with Gasteiger partial charge in [0.05, 0.1) is 0 Å². The van der Waals surface area contributed by atoms with E-state index in [2.05, 4.69) is 32.8 Å². The van der Waals surface area contributed by atoms with Crippen molar-refractivity contribution in [3.05, 3.63) is 132 Å². The van der Waals surface area contributed by atoms with E-state index in [4.69, 9.17) is 21.8 Å².